The summed E-state index contributed by atoms with van der Waals surface area (Å²) in [5.74, 6) is 1.54. The Bertz CT molecular complexity index is 255. The molecule has 0 radical (unpaired) electrons. The highest BCUT2D eigenvalue weighted by molar-refractivity contribution is 5.20. The summed E-state index contributed by atoms with van der Waals surface area (Å²) in [7, 11) is 0. The highest BCUT2D eigenvalue weighted by Crippen LogP contribution is 2.37. The average molecular weight is 175 g/mol. The van der Waals surface area contributed by atoms with E-state index in [1.807, 2.05) is 0 Å². The molecule has 1 heteroatoms. The first-order valence-electron chi connectivity index (χ1n) is 5.15. The highest BCUT2D eigenvalue weighted by Gasteiger charge is 2.24. The van der Waals surface area contributed by atoms with Crippen molar-refractivity contribution in [2.24, 2.45) is 11.7 Å². The second kappa shape index (κ2) is 3.93. The Balaban J connectivity index is 2.04. The molecule has 13 heavy (non-hydrogen) atoms. The van der Waals surface area contributed by atoms with Crippen molar-refractivity contribution in [1.82, 2.24) is 0 Å². The zero-order valence-corrected chi connectivity index (χ0v) is 7.95. The van der Waals surface area contributed by atoms with Crippen LogP contribution in [0, 0.1) is 5.92 Å². The molecule has 1 aliphatic rings. The van der Waals surface area contributed by atoms with Crippen molar-refractivity contribution in [3.63, 3.8) is 0 Å². The van der Waals surface area contributed by atoms with Gasteiger partial charge in [-0.2, -0.15) is 0 Å². The van der Waals surface area contributed by atoms with Gasteiger partial charge in [-0.3, -0.25) is 0 Å². The molecule has 0 spiro atoms. The Labute approximate surface area is 80.0 Å². The fourth-order valence-electron chi connectivity index (χ4n) is 2.32. The molecule has 1 aliphatic carbocycles. The summed E-state index contributed by atoms with van der Waals surface area (Å²) in [6.45, 7) is 0.864. The molecule has 2 atom stereocenters. The minimum atomic E-state index is 0.769. The van der Waals surface area contributed by atoms with Crippen LogP contribution in [-0.2, 0) is 0 Å². The maximum Gasteiger partial charge on any atom is -0.00486 e. The van der Waals surface area contributed by atoms with E-state index in [0.29, 0.717) is 0 Å². The first-order chi connectivity index (χ1) is 6.40. The molecule has 0 saturated heterocycles. The van der Waals surface area contributed by atoms with Gasteiger partial charge in [0.15, 0.2) is 0 Å². The molecule has 0 aliphatic heterocycles. The third kappa shape index (κ3) is 1.92. The van der Waals surface area contributed by atoms with Crippen LogP contribution < -0.4 is 5.73 Å². The topological polar surface area (TPSA) is 26.0 Å². The summed E-state index contributed by atoms with van der Waals surface area (Å²) in [5.41, 5.74) is 7.17. The van der Waals surface area contributed by atoms with Crippen LogP contribution >= 0.6 is 0 Å². The number of benzene rings is 1. The lowest BCUT2D eigenvalue weighted by Gasteiger charge is -2.09. The normalized spacial score (nSPS) is 27.8. The molecule has 70 valence electrons. The zero-order valence-electron chi connectivity index (χ0n) is 7.95. The average Bonchev–Trinajstić information content (AvgIpc) is 2.67. The monoisotopic (exact) mass is 175 g/mol. The molecule has 1 aromatic rings. The van der Waals surface area contributed by atoms with Crippen molar-refractivity contribution in [2.45, 2.75) is 25.2 Å². The maximum absolute atomic E-state index is 5.67. The summed E-state index contributed by atoms with van der Waals surface area (Å²) in [6.07, 6.45) is 3.93. The Morgan fingerprint density at radius 1 is 1.15 bits per heavy atom. The van der Waals surface area contributed by atoms with Crippen LogP contribution in [0.25, 0.3) is 0 Å². The van der Waals surface area contributed by atoms with Gasteiger partial charge in [0.2, 0.25) is 0 Å². The van der Waals surface area contributed by atoms with E-state index in [0.717, 1.165) is 18.4 Å². The number of nitrogens with two attached hydrogens (primary N) is 1. The third-order valence-electron chi connectivity index (χ3n) is 3.15. The Hall–Kier alpha value is -0.820. The van der Waals surface area contributed by atoms with Crippen LogP contribution in [0.4, 0.5) is 0 Å². The molecular formula is C12H17N. The van der Waals surface area contributed by atoms with Crippen LogP contribution in [0.5, 0.6) is 0 Å². The minimum Gasteiger partial charge on any atom is -0.330 e. The third-order valence-corrected chi connectivity index (χ3v) is 3.15. The van der Waals surface area contributed by atoms with Gasteiger partial charge in [0.1, 0.15) is 0 Å². The van der Waals surface area contributed by atoms with E-state index >= 15 is 0 Å². The van der Waals surface area contributed by atoms with Gasteiger partial charge < -0.3 is 5.73 Å². The summed E-state index contributed by atoms with van der Waals surface area (Å²) in [6, 6.07) is 10.8. The van der Waals surface area contributed by atoms with Crippen LogP contribution in [-0.4, -0.2) is 6.54 Å². The van der Waals surface area contributed by atoms with Crippen LogP contribution in [0.2, 0.25) is 0 Å². The minimum absolute atomic E-state index is 0.769. The molecule has 2 rings (SSSR count). The fourth-order valence-corrected chi connectivity index (χ4v) is 2.32. The van der Waals surface area contributed by atoms with E-state index in [4.69, 9.17) is 5.73 Å². The van der Waals surface area contributed by atoms with Gasteiger partial charge >= 0.3 is 0 Å². The first kappa shape index (κ1) is 8.76. The summed E-state index contributed by atoms with van der Waals surface area (Å²) >= 11 is 0. The maximum atomic E-state index is 5.67. The van der Waals surface area contributed by atoms with Crippen molar-refractivity contribution in [3.8, 4) is 0 Å². The Morgan fingerprint density at radius 2 is 1.92 bits per heavy atom. The summed E-state index contributed by atoms with van der Waals surface area (Å²) < 4.78 is 0. The van der Waals surface area contributed by atoms with Crippen molar-refractivity contribution < 1.29 is 0 Å². The SMILES string of the molecule is NC[C@H]1CC[C@@H](c2ccccc2)C1. The first-order valence-corrected chi connectivity index (χ1v) is 5.15. The summed E-state index contributed by atoms with van der Waals surface area (Å²) in [5, 5.41) is 0. The summed E-state index contributed by atoms with van der Waals surface area (Å²) in [4.78, 5) is 0. The molecule has 0 unspecified atom stereocenters. The second-order valence-corrected chi connectivity index (χ2v) is 4.02. The molecule has 1 nitrogen and oxygen atoms in total. The van der Waals surface area contributed by atoms with Gasteiger partial charge in [-0.25, -0.2) is 0 Å². The second-order valence-electron chi connectivity index (χ2n) is 4.02. The Kier molecular flexibility index (Phi) is 2.65. The number of rotatable bonds is 2. The van der Waals surface area contributed by atoms with Crippen molar-refractivity contribution in [3.05, 3.63) is 35.9 Å². The van der Waals surface area contributed by atoms with Crippen LogP contribution in [0.1, 0.15) is 30.7 Å². The van der Waals surface area contributed by atoms with Crippen molar-refractivity contribution in [2.75, 3.05) is 6.54 Å². The molecule has 1 saturated carbocycles. The lowest BCUT2D eigenvalue weighted by molar-refractivity contribution is 0.551. The standard InChI is InChI=1S/C12H17N/c13-9-10-6-7-12(8-10)11-4-2-1-3-5-11/h1-5,10,12H,6-9,13H2/t10-,12+/m0/s1. The van der Waals surface area contributed by atoms with Gasteiger partial charge in [0.25, 0.3) is 0 Å². The molecule has 2 N–H and O–H groups in total. The van der Waals surface area contributed by atoms with Gasteiger partial charge in [-0.1, -0.05) is 30.3 Å². The molecule has 0 bridgehead atoms. The van der Waals surface area contributed by atoms with E-state index in [-0.39, 0.29) is 0 Å². The van der Waals surface area contributed by atoms with E-state index in [9.17, 15) is 0 Å². The molecule has 0 heterocycles. The molecular weight excluding hydrogens is 158 g/mol. The predicted octanol–water partition coefficient (Wildman–Crippen LogP) is 2.53. The number of hydrogen-bond donors (Lipinski definition) is 1. The number of hydrogen-bond acceptors (Lipinski definition) is 1. The predicted molar refractivity (Wildman–Crippen MR) is 55.6 cm³/mol. The van der Waals surface area contributed by atoms with Gasteiger partial charge in [-0.05, 0) is 43.2 Å². The molecule has 1 aromatic carbocycles. The molecule has 0 amide bonds. The highest BCUT2D eigenvalue weighted by atomic mass is 14.6. The van der Waals surface area contributed by atoms with Crippen molar-refractivity contribution >= 4 is 0 Å². The van der Waals surface area contributed by atoms with Crippen LogP contribution in [0.15, 0.2) is 30.3 Å². The largest absolute Gasteiger partial charge is 0.330 e. The quantitative estimate of drug-likeness (QED) is 0.734. The smallest absolute Gasteiger partial charge is 0.00486 e. The van der Waals surface area contributed by atoms with Gasteiger partial charge in [-0.15, -0.1) is 0 Å². The van der Waals surface area contributed by atoms with Crippen LogP contribution in [0.3, 0.4) is 0 Å². The molecule has 1 fully saturated rings. The fraction of sp³-hybridized carbons (Fsp3) is 0.500. The Morgan fingerprint density at radius 3 is 2.54 bits per heavy atom. The van der Waals surface area contributed by atoms with E-state index < -0.39 is 0 Å². The molecule has 0 aromatic heterocycles. The van der Waals surface area contributed by atoms with Crippen molar-refractivity contribution in [1.29, 1.82) is 0 Å². The lowest BCUT2D eigenvalue weighted by atomic mass is 9.96. The van der Waals surface area contributed by atoms with E-state index in [1.54, 1.807) is 0 Å². The lowest BCUT2D eigenvalue weighted by Crippen LogP contribution is -2.10. The van der Waals surface area contributed by atoms with E-state index in [2.05, 4.69) is 30.3 Å². The van der Waals surface area contributed by atoms with E-state index in [1.165, 1.54) is 24.8 Å². The van der Waals surface area contributed by atoms with Gasteiger partial charge in [0.05, 0.1) is 0 Å². The zero-order chi connectivity index (χ0) is 9.10. The van der Waals surface area contributed by atoms with Gasteiger partial charge in [0, 0.05) is 0 Å².